The minimum absolute atomic E-state index is 0.0818. The Morgan fingerprint density at radius 3 is 2.20 bits per heavy atom. The van der Waals surface area contributed by atoms with Crippen LogP contribution in [0, 0.1) is 0 Å². The Balaban J connectivity index is 1.98. The van der Waals surface area contributed by atoms with Crippen molar-refractivity contribution >= 4 is 12.0 Å². The van der Waals surface area contributed by atoms with Gasteiger partial charge < -0.3 is 29.6 Å². The van der Waals surface area contributed by atoms with Gasteiger partial charge in [-0.1, -0.05) is 93.4 Å². The smallest absolute Gasteiger partial charge is 0.243 e. The maximum Gasteiger partial charge on any atom is 0.243 e. The van der Waals surface area contributed by atoms with E-state index in [9.17, 15) is 4.79 Å². The van der Waals surface area contributed by atoms with E-state index in [1.807, 2.05) is 30.4 Å². The molecule has 0 bridgehead atoms. The summed E-state index contributed by atoms with van der Waals surface area (Å²) in [6.45, 7) is 6.04. The number of hydrogen-bond acceptors (Lipinski definition) is 6. The highest BCUT2D eigenvalue weighted by molar-refractivity contribution is 5.87. The average molecular weight is 625 g/mol. The molecule has 1 aromatic carbocycles. The lowest BCUT2D eigenvalue weighted by atomic mass is 10.1. The van der Waals surface area contributed by atoms with E-state index in [0.29, 0.717) is 31.3 Å². The minimum atomic E-state index is -0.0818. The standard InChI is InChI=1S/C38H60N2O5/c1-4-5-6-7-8-9-10-11-12-13-14-15-16-17-18-21-28-39-29-22-23-30-40-38(41)25-20-19-24-35-26-27-36(37(33-35)43-3)45-34-44-32-31-42-2/h5-6,8-9,11-12,19-20,24-27,33,39H,4,7,10,13-18,21-23,28-32,34H2,1-3H3,(H,40,41). The van der Waals surface area contributed by atoms with Crippen molar-refractivity contribution < 1.29 is 23.7 Å². The predicted molar refractivity (Wildman–Crippen MR) is 189 cm³/mol. The largest absolute Gasteiger partial charge is 0.493 e. The van der Waals surface area contributed by atoms with Gasteiger partial charge in [-0.05, 0) is 82.2 Å². The second-order valence-electron chi connectivity index (χ2n) is 10.7. The van der Waals surface area contributed by atoms with Crippen molar-refractivity contribution in [1.29, 1.82) is 0 Å². The highest BCUT2D eigenvalue weighted by atomic mass is 16.7. The molecule has 7 nitrogen and oxygen atoms in total. The highest BCUT2D eigenvalue weighted by Gasteiger charge is 2.05. The third-order valence-corrected chi connectivity index (χ3v) is 6.90. The zero-order valence-electron chi connectivity index (χ0n) is 28.3. The predicted octanol–water partition coefficient (Wildman–Crippen LogP) is 8.34. The van der Waals surface area contributed by atoms with Crippen molar-refractivity contribution in [2.45, 2.75) is 84.0 Å². The van der Waals surface area contributed by atoms with Gasteiger partial charge in [0.2, 0.25) is 5.91 Å². The number of hydrogen-bond donors (Lipinski definition) is 2. The van der Waals surface area contributed by atoms with Gasteiger partial charge in [-0.25, -0.2) is 0 Å². The summed E-state index contributed by atoms with van der Waals surface area (Å²) < 4.78 is 21.3. The van der Waals surface area contributed by atoms with Gasteiger partial charge in [-0.2, -0.15) is 0 Å². The number of rotatable bonds is 29. The first kappa shape index (κ1) is 39.9. The molecular formula is C38H60N2O5. The Hall–Kier alpha value is -3.13. The molecule has 0 aliphatic carbocycles. The average Bonchev–Trinajstić information content (AvgIpc) is 3.05. The quantitative estimate of drug-likeness (QED) is 0.0307. The fraction of sp³-hybridized carbons (Fsp3) is 0.553. The number of methoxy groups -OCH3 is 2. The van der Waals surface area contributed by atoms with Crippen LogP contribution in [0.15, 0.2) is 72.9 Å². The van der Waals surface area contributed by atoms with Gasteiger partial charge in [0.15, 0.2) is 18.3 Å². The molecule has 1 amide bonds. The second kappa shape index (κ2) is 30.9. The fourth-order valence-corrected chi connectivity index (χ4v) is 4.34. The van der Waals surface area contributed by atoms with Crippen molar-refractivity contribution in [3.05, 3.63) is 78.4 Å². The normalized spacial score (nSPS) is 12.1. The summed E-state index contributed by atoms with van der Waals surface area (Å²) in [6.07, 6.45) is 34.9. The van der Waals surface area contributed by atoms with E-state index in [0.717, 1.165) is 50.8 Å². The van der Waals surface area contributed by atoms with E-state index in [2.05, 4.69) is 54.0 Å². The van der Waals surface area contributed by atoms with Gasteiger partial charge in [0.05, 0.1) is 20.3 Å². The van der Waals surface area contributed by atoms with Crippen molar-refractivity contribution in [3.63, 3.8) is 0 Å². The fourth-order valence-electron chi connectivity index (χ4n) is 4.34. The maximum absolute atomic E-state index is 12.1. The monoisotopic (exact) mass is 624 g/mol. The van der Waals surface area contributed by atoms with Crippen LogP contribution >= 0.6 is 0 Å². The Kier molecular flexibility index (Phi) is 27.4. The van der Waals surface area contributed by atoms with Crippen LogP contribution in [0.25, 0.3) is 6.08 Å². The Labute approximate surface area is 273 Å². The molecule has 0 radical (unpaired) electrons. The maximum atomic E-state index is 12.1. The summed E-state index contributed by atoms with van der Waals surface area (Å²) in [5.74, 6) is 1.14. The van der Waals surface area contributed by atoms with Crippen LogP contribution in [-0.4, -0.2) is 59.8 Å². The van der Waals surface area contributed by atoms with Crippen LogP contribution < -0.4 is 20.1 Å². The van der Waals surface area contributed by atoms with Gasteiger partial charge in [0.1, 0.15) is 0 Å². The third kappa shape index (κ3) is 24.8. The molecule has 45 heavy (non-hydrogen) atoms. The number of allylic oxidation sites excluding steroid dienone is 8. The minimum Gasteiger partial charge on any atom is -0.493 e. The lowest BCUT2D eigenvalue weighted by Crippen LogP contribution is -2.23. The van der Waals surface area contributed by atoms with Gasteiger partial charge >= 0.3 is 0 Å². The first-order valence-corrected chi connectivity index (χ1v) is 16.9. The number of carbonyl (C=O) groups excluding carboxylic acids is 1. The summed E-state index contributed by atoms with van der Waals surface area (Å²) in [5, 5.41) is 6.47. The van der Waals surface area contributed by atoms with Crippen LogP contribution in [0.1, 0.15) is 89.5 Å². The molecule has 0 fully saturated rings. The summed E-state index contributed by atoms with van der Waals surface area (Å²) in [4.78, 5) is 12.1. The van der Waals surface area contributed by atoms with E-state index in [4.69, 9.17) is 18.9 Å². The molecule has 0 aliphatic heterocycles. The van der Waals surface area contributed by atoms with Gasteiger partial charge in [0.25, 0.3) is 0 Å². The van der Waals surface area contributed by atoms with Gasteiger partial charge in [-0.3, -0.25) is 4.79 Å². The second-order valence-corrected chi connectivity index (χ2v) is 10.7. The van der Waals surface area contributed by atoms with Gasteiger partial charge in [-0.15, -0.1) is 0 Å². The van der Waals surface area contributed by atoms with Crippen molar-refractivity contribution in [2.75, 3.05) is 53.9 Å². The number of ether oxygens (including phenoxy) is 4. The number of nitrogens with one attached hydrogen (secondary N) is 2. The van der Waals surface area contributed by atoms with E-state index < -0.39 is 0 Å². The first-order chi connectivity index (χ1) is 22.2. The molecule has 0 unspecified atom stereocenters. The van der Waals surface area contributed by atoms with E-state index in [1.54, 1.807) is 26.4 Å². The van der Waals surface area contributed by atoms with E-state index >= 15 is 0 Å². The third-order valence-electron chi connectivity index (χ3n) is 6.90. The summed E-state index contributed by atoms with van der Waals surface area (Å²) >= 11 is 0. The molecular weight excluding hydrogens is 564 g/mol. The lowest BCUT2D eigenvalue weighted by molar-refractivity contribution is -0.116. The highest BCUT2D eigenvalue weighted by Crippen LogP contribution is 2.28. The zero-order valence-corrected chi connectivity index (χ0v) is 28.3. The van der Waals surface area contributed by atoms with Crippen LogP contribution in [0.3, 0.4) is 0 Å². The molecule has 0 aromatic heterocycles. The van der Waals surface area contributed by atoms with E-state index in [-0.39, 0.29) is 12.7 Å². The topological polar surface area (TPSA) is 78.1 Å². The molecule has 0 heterocycles. The molecule has 0 spiro atoms. The first-order valence-electron chi connectivity index (χ1n) is 16.9. The van der Waals surface area contributed by atoms with Crippen LogP contribution in [0.4, 0.5) is 0 Å². The molecule has 1 rings (SSSR count). The molecule has 2 N–H and O–H groups in total. The number of carbonyl (C=O) groups is 1. The summed E-state index contributed by atoms with van der Waals surface area (Å²) in [5.41, 5.74) is 0.936. The molecule has 7 heteroatoms. The Morgan fingerprint density at radius 1 is 0.756 bits per heavy atom. The lowest BCUT2D eigenvalue weighted by Gasteiger charge is -2.11. The van der Waals surface area contributed by atoms with Crippen molar-refractivity contribution in [1.82, 2.24) is 10.6 Å². The number of amides is 1. The van der Waals surface area contributed by atoms with Crippen LogP contribution in [0.2, 0.25) is 0 Å². The zero-order chi connectivity index (χ0) is 32.5. The van der Waals surface area contributed by atoms with Crippen LogP contribution in [0.5, 0.6) is 11.5 Å². The molecule has 0 aliphatic rings. The molecule has 1 aromatic rings. The number of unbranched alkanes of at least 4 members (excludes halogenated alkanes) is 7. The summed E-state index contributed by atoms with van der Waals surface area (Å²) in [6, 6.07) is 5.62. The Bertz CT molecular complexity index is 1000. The summed E-state index contributed by atoms with van der Waals surface area (Å²) in [7, 11) is 3.22. The van der Waals surface area contributed by atoms with Crippen molar-refractivity contribution in [2.24, 2.45) is 0 Å². The molecule has 0 atom stereocenters. The molecule has 0 saturated heterocycles. The van der Waals surface area contributed by atoms with Gasteiger partial charge in [0, 0.05) is 19.7 Å². The number of benzene rings is 1. The van der Waals surface area contributed by atoms with Crippen LogP contribution in [-0.2, 0) is 14.3 Å². The Morgan fingerprint density at radius 2 is 1.44 bits per heavy atom. The molecule has 0 saturated carbocycles. The molecule has 252 valence electrons. The van der Waals surface area contributed by atoms with Crippen molar-refractivity contribution in [3.8, 4) is 11.5 Å². The van der Waals surface area contributed by atoms with E-state index in [1.165, 1.54) is 44.9 Å². The SMILES string of the molecule is CCC=CCC=CCC=CCCCCCCCCNCCCCNC(=O)C=CC=Cc1ccc(OCOCCOC)c(OC)c1.